The summed E-state index contributed by atoms with van der Waals surface area (Å²) in [5, 5.41) is 0. The Morgan fingerprint density at radius 2 is 1.75 bits per heavy atom. The van der Waals surface area contributed by atoms with E-state index in [0.29, 0.717) is 11.8 Å². The van der Waals surface area contributed by atoms with Crippen LogP contribution >= 0.6 is 0 Å². The van der Waals surface area contributed by atoms with Gasteiger partial charge in [-0.3, -0.25) is 0 Å². The zero-order valence-corrected chi connectivity index (χ0v) is 13.8. The molecule has 0 aliphatic heterocycles. The third kappa shape index (κ3) is 4.70. The smallest absolute Gasteiger partial charge is 0.118 e. The van der Waals surface area contributed by atoms with Crippen molar-refractivity contribution in [2.75, 3.05) is 7.11 Å². The predicted molar refractivity (Wildman–Crippen MR) is 88.5 cm³/mol. The van der Waals surface area contributed by atoms with Gasteiger partial charge in [0, 0.05) is 0 Å². The van der Waals surface area contributed by atoms with Gasteiger partial charge < -0.3 is 4.74 Å². The summed E-state index contributed by atoms with van der Waals surface area (Å²) in [6.07, 6.45) is 7.20. The molecular formula is C19H30O. The number of hydrogen-bond acceptors (Lipinski definition) is 1. The maximum atomic E-state index is 5.25. The normalized spacial score (nSPS) is 14.9. The summed E-state index contributed by atoms with van der Waals surface area (Å²) in [6.45, 7) is 9.11. The molecule has 1 nitrogen and oxygen atoms in total. The molecule has 0 saturated carbocycles. The van der Waals surface area contributed by atoms with Gasteiger partial charge in [0.2, 0.25) is 0 Å². The summed E-state index contributed by atoms with van der Waals surface area (Å²) < 4.78 is 5.25. The first-order valence-electron chi connectivity index (χ1n) is 7.96. The second kappa shape index (κ2) is 8.84. The molecule has 0 aliphatic rings. The minimum Gasteiger partial charge on any atom is -0.497 e. The molecule has 0 heterocycles. The van der Waals surface area contributed by atoms with Crippen LogP contribution in [0, 0.1) is 5.92 Å². The van der Waals surface area contributed by atoms with Gasteiger partial charge in [-0.05, 0) is 62.1 Å². The molecular weight excluding hydrogens is 244 g/mol. The van der Waals surface area contributed by atoms with Crippen LogP contribution in [0.1, 0.15) is 64.9 Å². The Morgan fingerprint density at radius 3 is 2.20 bits per heavy atom. The molecule has 112 valence electrons. The SMILES string of the molecule is CC/C=C(\C)C(CC)C[C@@H](CC)c1ccc(OC)cc1. The Labute approximate surface area is 125 Å². The Hall–Kier alpha value is -1.24. The number of methoxy groups -OCH3 is 1. The second-order valence-corrected chi connectivity index (χ2v) is 5.58. The molecule has 0 fully saturated rings. The largest absolute Gasteiger partial charge is 0.497 e. The van der Waals surface area contributed by atoms with Gasteiger partial charge in [0.1, 0.15) is 5.75 Å². The quantitative estimate of drug-likeness (QED) is 0.531. The lowest BCUT2D eigenvalue weighted by Crippen LogP contribution is -2.08. The Morgan fingerprint density at radius 1 is 1.10 bits per heavy atom. The lowest BCUT2D eigenvalue weighted by molar-refractivity contribution is 0.414. The monoisotopic (exact) mass is 274 g/mol. The van der Waals surface area contributed by atoms with E-state index < -0.39 is 0 Å². The number of rotatable bonds is 8. The average molecular weight is 274 g/mol. The van der Waals surface area contributed by atoms with E-state index in [1.807, 2.05) is 0 Å². The summed E-state index contributed by atoms with van der Waals surface area (Å²) in [5.41, 5.74) is 3.00. The molecule has 2 atom stereocenters. The maximum absolute atomic E-state index is 5.25. The summed E-state index contributed by atoms with van der Waals surface area (Å²) in [4.78, 5) is 0. The maximum Gasteiger partial charge on any atom is 0.118 e. The molecule has 0 radical (unpaired) electrons. The van der Waals surface area contributed by atoms with Gasteiger partial charge in [-0.25, -0.2) is 0 Å². The lowest BCUT2D eigenvalue weighted by Gasteiger charge is -2.23. The highest BCUT2D eigenvalue weighted by Crippen LogP contribution is 2.32. The predicted octanol–water partition coefficient (Wildman–Crippen LogP) is 5.96. The Kier molecular flexibility index (Phi) is 7.43. The van der Waals surface area contributed by atoms with Crippen LogP contribution in [0.15, 0.2) is 35.9 Å². The Bertz CT molecular complexity index is 402. The van der Waals surface area contributed by atoms with E-state index in [1.165, 1.54) is 24.8 Å². The molecule has 0 amide bonds. The molecule has 0 saturated heterocycles. The fourth-order valence-electron chi connectivity index (χ4n) is 2.92. The molecule has 0 aromatic heterocycles. The molecule has 1 aromatic carbocycles. The van der Waals surface area contributed by atoms with Crippen LogP contribution in [0.5, 0.6) is 5.75 Å². The van der Waals surface area contributed by atoms with Crippen molar-refractivity contribution in [3.8, 4) is 5.75 Å². The number of hydrogen-bond donors (Lipinski definition) is 0. The highest BCUT2D eigenvalue weighted by Gasteiger charge is 2.17. The Balaban J connectivity index is 2.81. The van der Waals surface area contributed by atoms with Crippen LogP contribution in [0.4, 0.5) is 0 Å². The van der Waals surface area contributed by atoms with Crippen molar-refractivity contribution in [2.24, 2.45) is 5.92 Å². The molecule has 1 aromatic rings. The van der Waals surface area contributed by atoms with Crippen LogP contribution in [-0.4, -0.2) is 7.11 Å². The van der Waals surface area contributed by atoms with Crippen molar-refractivity contribution in [3.05, 3.63) is 41.5 Å². The van der Waals surface area contributed by atoms with E-state index in [2.05, 4.69) is 58.0 Å². The van der Waals surface area contributed by atoms with Gasteiger partial charge in [0.05, 0.1) is 7.11 Å². The third-order valence-electron chi connectivity index (χ3n) is 4.31. The van der Waals surface area contributed by atoms with Gasteiger partial charge in [0.15, 0.2) is 0 Å². The first kappa shape index (κ1) is 16.8. The average Bonchev–Trinajstić information content (AvgIpc) is 2.49. The standard InChI is InChI=1S/C19H30O/c1-6-9-15(4)16(7-2)14-17(8-3)18-10-12-19(20-5)13-11-18/h9-13,16-17H,6-8,14H2,1-5H3/b15-9+/t16?,17-/m1/s1. The summed E-state index contributed by atoms with van der Waals surface area (Å²) in [5.74, 6) is 2.30. The van der Waals surface area contributed by atoms with E-state index in [1.54, 1.807) is 12.7 Å². The highest BCUT2D eigenvalue weighted by atomic mass is 16.5. The molecule has 20 heavy (non-hydrogen) atoms. The number of ether oxygens (including phenoxy) is 1. The molecule has 1 unspecified atom stereocenters. The van der Waals surface area contributed by atoms with Gasteiger partial charge in [0.25, 0.3) is 0 Å². The fraction of sp³-hybridized carbons (Fsp3) is 0.579. The van der Waals surface area contributed by atoms with Crippen molar-refractivity contribution >= 4 is 0 Å². The van der Waals surface area contributed by atoms with Crippen LogP contribution in [0.3, 0.4) is 0 Å². The van der Waals surface area contributed by atoms with Crippen molar-refractivity contribution in [3.63, 3.8) is 0 Å². The van der Waals surface area contributed by atoms with Crippen LogP contribution in [-0.2, 0) is 0 Å². The van der Waals surface area contributed by atoms with E-state index in [-0.39, 0.29) is 0 Å². The summed E-state index contributed by atoms with van der Waals surface area (Å²) in [7, 11) is 1.72. The van der Waals surface area contributed by atoms with Gasteiger partial charge >= 0.3 is 0 Å². The van der Waals surface area contributed by atoms with Crippen molar-refractivity contribution in [1.29, 1.82) is 0 Å². The van der Waals surface area contributed by atoms with E-state index in [0.717, 1.165) is 12.2 Å². The van der Waals surface area contributed by atoms with E-state index in [4.69, 9.17) is 4.74 Å². The fourth-order valence-corrected chi connectivity index (χ4v) is 2.92. The van der Waals surface area contributed by atoms with Crippen molar-refractivity contribution in [1.82, 2.24) is 0 Å². The molecule has 0 spiro atoms. The zero-order valence-electron chi connectivity index (χ0n) is 13.8. The van der Waals surface area contributed by atoms with Crippen molar-refractivity contribution < 1.29 is 4.74 Å². The first-order valence-corrected chi connectivity index (χ1v) is 7.96. The zero-order chi connectivity index (χ0) is 15.0. The molecule has 1 heteroatoms. The number of benzene rings is 1. The molecule has 0 aliphatic carbocycles. The molecule has 1 rings (SSSR count). The van der Waals surface area contributed by atoms with Crippen LogP contribution < -0.4 is 4.74 Å². The molecule has 0 bridgehead atoms. The van der Waals surface area contributed by atoms with Crippen LogP contribution in [0.2, 0.25) is 0 Å². The minimum absolute atomic E-state index is 0.645. The first-order chi connectivity index (χ1) is 9.65. The lowest BCUT2D eigenvalue weighted by atomic mass is 9.82. The topological polar surface area (TPSA) is 9.23 Å². The van der Waals surface area contributed by atoms with E-state index >= 15 is 0 Å². The second-order valence-electron chi connectivity index (χ2n) is 5.58. The summed E-state index contributed by atoms with van der Waals surface area (Å²) >= 11 is 0. The summed E-state index contributed by atoms with van der Waals surface area (Å²) in [6, 6.07) is 8.60. The minimum atomic E-state index is 0.645. The van der Waals surface area contributed by atoms with E-state index in [9.17, 15) is 0 Å². The molecule has 0 N–H and O–H groups in total. The third-order valence-corrected chi connectivity index (χ3v) is 4.31. The van der Waals surface area contributed by atoms with Gasteiger partial charge in [-0.1, -0.05) is 44.6 Å². The van der Waals surface area contributed by atoms with Crippen LogP contribution in [0.25, 0.3) is 0 Å². The highest BCUT2D eigenvalue weighted by molar-refractivity contribution is 5.29. The van der Waals surface area contributed by atoms with Crippen molar-refractivity contribution in [2.45, 2.75) is 59.3 Å². The van der Waals surface area contributed by atoms with Gasteiger partial charge in [-0.2, -0.15) is 0 Å². The van der Waals surface area contributed by atoms with Gasteiger partial charge in [-0.15, -0.1) is 0 Å². The number of allylic oxidation sites excluding steroid dienone is 2.